The summed E-state index contributed by atoms with van der Waals surface area (Å²) >= 11 is 3.54. The average molecular weight is 388 g/mol. The van der Waals surface area contributed by atoms with E-state index in [0.29, 0.717) is 23.4 Å². The maximum atomic E-state index is 12.4. The van der Waals surface area contributed by atoms with Crippen LogP contribution in [0.3, 0.4) is 0 Å². The van der Waals surface area contributed by atoms with Gasteiger partial charge in [-0.05, 0) is 28.4 Å². The number of hydrogen-bond donors (Lipinski definition) is 0. The van der Waals surface area contributed by atoms with Gasteiger partial charge in [0.2, 0.25) is 0 Å². The maximum absolute atomic E-state index is 12.4. The van der Waals surface area contributed by atoms with Crippen LogP contribution in [0.4, 0.5) is 0 Å². The number of ether oxygens (including phenoxy) is 1. The van der Waals surface area contributed by atoms with Crippen molar-refractivity contribution in [2.45, 2.75) is 19.5 Å². The van der Waals surface area contributed by atoms with Gasteiger partial charge < -0.3 is 9.57 Å². The van der Waals surface area contributed by atoms with Crippen LogP contribution in [0, 0.1) is 0 Å². The van der Waals surface area contributed by atoms with Crippen molar-refractivity contribution in [2.75, 3.05) is 6.61 Å². The third-order valence-corrected chi connectivity index (χ3v) is 4.47. The Hall–Kier alpha value is -2.11. The number of esters is 1. The summed E-state index contributed by atoms with van der Waals surface area (Å²) in [6.07, 6.45) is 0. The van der Waals surface area contributed by atoms with E-state index in [1.54, 1.807) is 12.0 Å². The molecule has 0 amide bonds. The molecule has 1 aliphatic heterocycles. The second kappa shape index (κ2) is 7.64. The Labute approximate surface area is 149 Å². The first kappa shape index (κ1) is 16.7. The molecule has 4 nitrogen and oxygen atoms in total. The van der Waals surface area contributed by atoms with E-state index in [9.17, 15) is 4.79 Å². The van der Waals surface area contributed by atoms with E-state index >= 15 is 0 Å². The van der Waals surface area contributed by atoms with Gasteiger partial charge >= 0.3 is 5.97 Å². The molecular weight excluding hydrogens is 370 g/mol. The molecule has 1 atom stereocenters. The van der Waals surface area contributed by atoms with E-state index < -0.39 is 6.04 Å². The predicted octanol–water partition coefficient (Wildman–Crippen LogP) is 4.13. The molecule has 24 heavy (non-hydrogen) atoms. The Morgan fingerprint density at radius 2 is 1.75 bits per heavy atom. The summed E-state index contributed by atoms with van der Waals surface area (Å²) in [7, 11) is 0. The van der Waals surface area contributed by atoms with E-state index in [1.165, 1.54) is 0 Å². The standard InChI is InChI=1S/C19H18BrNO3/c1-2-23-19(22)17-16(20)18(15-11-7-4-8-12-15)24-21(17)13-14-9-5-3-6-10-14/h3-12,17H,2,13H2,1H3. The number of hydrogen-bond acceptors (Lipinski definition) is 4. The fraction of sp³-hybridized carbons (Fsp3) is 0.211. The van der Waals surface area contributed by atoms with Gasteiger partial charge in [-0.3, -0.25) is 0 Å². The van der Waals surface area contributed by atoms with Crippen LogP contribution < -0.4 is 0 Å². The summed E-state index contributed by atoms with van der Waals surface area (Å²) in [5, 5.41) is 1.65. The zero-order chi connectivity index (χ0) is 16.9. The van der Waals surface area contributed by atoms with Gasteiger partial charge in [-0.2, -0.15) is 0 Å². The van der Waals surface area contributed by atoms with Gasteiger partial charge in [-0.1, -0.05) is 60.7 Å². The van der Waals surface area contributed by atoms with Crippen LogP contribution in [-0.2, 0) is 20.9 Å². The highest BCUT2D eigenvalue weighted by atomic mass is 79.9. The maximum Gasteiger partial charge on any atom is 0.332 e. The van der Waals surface area contributed by atoms with Crippen LogP contribution in [0.5, 0.6) is 0 Å². The topological polar surface area (TPSA) is 38.8 Å². The van der Waals surface area contributed by atoms with Crippen molar-refractivity contribution in [2.24, 2.45) is 0 Å². The Balaban J connectivity index is 1.90. The minimum Gasteiger partial charge on any atom is -0.464 e. The van der Waals surface area contributed by atoms with Crippen molar-refractivity contribution >= 4 is 27.7 Å². The fourth-order valence-corrected chi connectivity index (χ4v) is 3.29. The summed E-state index contributed by atoms with van der Waals surface area (Å²) in [5.41, 5.74) is 1.97. The van der Waals surface area contributed by atoms with E-state index in [4.69, 9.17) is 9.57 Å². The molecule has 0 saturated heterocycles. The van der Waals surface area contributed by atoms with E-state index in [0.717, 1.165) is 11.1 Å². The molecule has 0 fully saturated rings. The summed E-state index contributed by atoms with van der Waals surface area (Å²) in [5.74, 6) is 0.316. The Morgan fingerprint density at radius 3 is 2.38 bits per heavy atom. The van der Waals surface area contributed by atoms with Gasteiger partial charge in [-0.25, -0.2) is 4.79 Å². The molecule has 3 rings (SSSR count). The van der Waals surface area contributed by atoms with Crippen LogP contribution in [0.15, 0.2) is 65.1 Å². The SMILES string of the molecule is CCOC(=O)C1C(Br)=C(c2ccccc2)ON1Cc1ccccc1. The molecule has 0 spiro atoms. The molecule has 0 aromatic heterocycles. The number of nitrogens with zero attached hydrogens (tertiary/aromatic N) is 1. The largest absolute Gasteiger partial charge is 0.464 e. The lowest BCUT2D eigenvalue weighted by Gasteiger charge is -2.22. The fourth-order valence-electron chi connectivity index (χ4n) is 2.57. The monoisotopic (exact) mass is 387 g/mol. The van der Waals surface area contributed by atoms with Crippen molar-refractivity contribution < 1.29 is 14.4 Å². The van der Waals surface area contributed by atoms with Gasteiger partial charge in [0, 0.05) is 5.56 Å². The smallest absolute Gasteiger partial charge is 0.332 e. The van der Waals surface area contributed by atoms with Crippen LogP contribution in [0.25, 0.3) is 5.76 Å². The van der Waals surface area contributed by atoms with Crippen molar-refractivity contribution in [3.8, 4) is 0 Å². The zero-order valence-corrected chi connectivity index (χ0v) is 14.9. The molecule has 5 heteroatoms. The molecule has 0 aliphatic carbocycles. The Morgan fingerprint density at radius 1 is 1.12 bits per heavy atom. The molecule has 0 bridgehead atoms. The summed E-state index contributed by atoms with van der Waals surface area (Å²) in [4.78, 5) is 18.4. The first-order valence-electron chi connectivity index (χ1n) is 7.81. The number of rotatable bonds is 5. The first-order valence-corrected chi connectivity index (χ1v) is 8.60. The number of carbonyl (C=O) groups is 1. The number of halogens is 1. The van der Waals surface area contributed by atoms with Crippen LogP contribution in [0.2, 0.25) is 0 Å². The first-order chi connectivity index (χ1) is 11.7. The highest BCUT2D eigenvalue weighted by molar-refractivity contribution is 9.12. The normalized spacial score (nSPS) is 17.7. The summed E-state index contributed by atoms with van der Waals surface area (Å²) in [6, 6.07) is 19.0. The molecular formula is C19H18BrNO3. The second-order valence-electron chi connectivity index (χ2n) is 5.35. The number of carbonyl (C=O) groups excluding carboxylic acids is 1. The molecule has 1 aliphatic rings. The summed E-state index contributed by atoms with van der Waals surface area (Å²) < 4.78 is 5.91. The van der Waals surface area contributed by atoms with Gasteiger partial charge in [0.25, 0.3) is 0 Å². The quantitative estimate of drug-likeness (QED) is 0.723. The third kappa shape index (κ3) is 3.52. The minimum atomic E-state index is -0.611. The van der Waals surface area contributed by atoms with E-state index in [-0.39, 0.29) is 5.97 Å². The molecule has 2 aromatic carbocycles. The lowest BCUT2D eigenvalue weighted by molar-refractivity contribution is -0.164. The van der Waals surface area contributed by atoms with E-state index in [2.05, 4.69) is 15.9 Å². The van der Waals surface area contributed by atoms with E-state index in [1.807, 2.05) is 60.7 Å². The zero-order valence-electron chi connectivity index (χ0n) is 13.3. The molecule has 0 N–H and O–H groups in total. The molecule has 1 heterocycles. The lowest BCUT2D eigenvalue weighted by atomic mass is 10.1. The highest BCUT2D eigenvalue weighted by Crippen LogP contribution is 2.38. The number of hydroxylamine groups is 2. The summed E-state index contributed by atoms with van der Waals surface area (Å²) in [6.45, 7) is 2.61. The molecule has 124 valence electrons. The van der Waals surface area contributed by atoms with Crippen molar-refractivity contribution in [3.63, 3.8) is 0 Å². The molecule has 0 saturated carbocycles. The van der Waals surface area contributed by atoms with Gasteiger partial charge in [-0.15, -0.1) is 5.06 Å². The highest BCUT2D eigenvalue weighted by Gasteiger charge is 2.40. The van der Waals surface area contributed by atoms with Crippen molar-refractivity contribution in [3.05, 3.63) is 76.3 Å². The van der Waals surface area contributed by atoms with Crippen LogP contribution in [0.1, 0.15) is 18.1 Å². The molecule has 1 unspecified atom stereocenters. The molecule has 2 aromatic rings. The molecule has 0 radical (unpaired) electrons. The Bertz CT molecular complexity index is 731. The minimum absolute atomic E-state index is 0.328. The van der Waals surface area contributed by atoms with Crippen LogP contribution in [-0.4, -0.2) is 23.7 Å². The van der Waals surface area contributed by atoms with Gasteiger partial charge in [0.1, 0.15) is 0 Å². The van der Waals surface area contributed by atoms with Crippen molar-refractivity contribution in [1.29, 1.82) is 0 Å². The third-order valence-electron chi connectivity index (χ3n) is 3.68. The van der Waals surface area contributed by atoms with Gasteiger partial charge in [0.05, 0.1) is 17.6 Å². The lowest BCUT2D eigenvalue weighted by Crippen LogP contribution is -2.37. The van der Waals surface area contributed by atoms with Crippen LogP contribution >= 0.6 is 15.9 Å². The number of benzene rings is 2. The Kier molecular flexibility index (Phi) is 5.33. The second-order valence-corrected chi connectivity index (χ2v) is 6.20. The van der Waals surface area contributed by atoms with Crippen molar-refractivity contribution in [1.82, 2.24) is 5.06 Å². The predicted molar refractivity (Wildman–Crippen MR) is 95.8 cm³/mol. The van der Waals surface area contributed by atoms with Gasteiger partial charge in [0.15, 0.2) is 11.8 Å². The average Bonchev–Trinajstić information content (AvgIpc) is 2.93.